The highest BCUT2D eigenvalue weighted by Crippen LogP contribution is 2.27. The summed E-state index contributed by atoms with van der Waals surface area (Å²) < 4.78 is 80.6. The topological polar surface area (TPSA) is 113 Å². The van der Waals surface area contributed by atoms with Crippen LogP contribution in [0.25, 0.3) is 0 Å². The van der Waals surface area contributed by atoms with Gasteiger partial charge in [-0.2, -0.15) is 4.98 Å². The summed E-state index contributed by atoms with van der Waals surface area (Å²) in [7, 11) is 0. The van der Waals surface area contributed by atoms with Crippen LogP contribution < -0.4 is 16.4 Å². The normalized spacial score (nSPS) is 45.9. The van der Waals surface area contributed by atoms with Gasteiger partial charge in [-0.3, -0.25) is 4.79 Å². The standard InChI is InChI=1S/C16H27N5O2/c1-9-5-6-10(7-12(9)22)19-14-11(13(17)23)8-18-15(20-14)21-16(2,3)4/h8-10,12,22H,5-7H2,1-4H3,(H2,17,23)(H2,18,19,20,21)/i1D3,5D2,6D2,9D,10D,12D. The molecule has 1 saturated carbocycles. The lowest BCUT2D eigenvalue weighted by Gasteiger charge is -2.32. The zero-order valence-corrected chi connectivity index (χ0v) is 13.1. The molecule has 0 aromatic carbocycles. The van der Waals surface area contributed by atoms with Crippen LogP contribution in [0.5, 0.6) is 0 Å². The molecule has 0 bridgehead atoms. The van der Waals surface area contributed by atoms with E-state index in [2.05, 4.69) is 20.6 Å². The molecule has 1 heterocycles. The molecule has 7 heteroatoms. The van der Waals surface area contributed by atoms with E-state index in [4.69, 9.17) is 19.4 Å². The van der Waals surface area contributed by atoms with Gasteiger partial charge in [-0.05, 0) is 45.8 Å². The fraction of sp³-hybridized carbons (Fsp3) is 0.688. The Morgan fingerprint density at radius 1 is 1.57 bits per heavy atom. The van der Waals surface area contributed by atoms with Gasteiger partial charge in [0.05, 0.1) is 14.4 Å². The zero-order valence-electron chi connectivity index (χ0n) is 23.1. The third-order valence-electron chi connectivity index (χ3n) is 2.78. The Labute approximate surface area is 151 Å². The highest BCUT2D eigenvalue weighted by atomic mass is 16.3. The number of hydrogen-bond acceptors (Lipinski definition) is 6. The number of aromatic nitrogens is 2. The molecule has 7 nitrogen and oxygen atoms in total. The number of anilines is 2. The lowest BCUT2D eigenvalue weighted by Crippen LogP contribution is -2.36. The number of nitrogens with one attached hydrogen (secondary N) is 2. The fourth-order valence-electron chi connectivity index (χ4n) is 1.78. The first-order valence-corrected chi connectivity index (χ1v) is 6.89. The van der Waals surface area contributed by atoms with Crippen molar-refractivity contribution in [2.75, 3.05) is 10.6 Å². The molecule has 3 unspecified atom stereocenters. The van der Waals surface area contributed by atoms with E-state index in [1.165, 1.54) is 0 Å². The molecule has 0 radical (unpaired) electrons. The van der Waals surface area contributed by atoms with Gasteiger partial charge in [0.1, 0.15) is 5.82 Å². The highest BCUT2D eigenvalue weighted by Gasteiger charge is 2.27. The van der Waals surface area contributed by atoms with Crippen molar-refractivity contribution in [3.63, 3.8) is 0 Å². The summed E-state index contributed by atoms with van der Waals surface area (Å²) in [5, 5.41) is 15.7. The zero-order chi connectivity index (χ0) is 26.1. The molecule has 1 fully saturated rings. The molecule has 2 rings (SSSR count). The number of amides is 1. The smallest absolute Gasteiger partial charge is 0.254 e. The molecule has 128 valence electrons. The monoisotopic (exact) mass is 331 g/mol. The molecule has 1 aromatic rings. The minimum absolute atomic E-state index is 0.0588. The summed E-state index contributed by atoms with van der Waals surface area (Å²) in [4.78, 5) is 19.8. The van der Waals surface area contributed by atoms with Crippen molar-refractivity contribution >= 4 is 17.7 Å². The van der Waals surface area contributed by atoms with Gasteiger partial charge in [-0.1, -0.05) is 6.85 Å². The number of nitrogens with zero attached hydrogens (tertiary/aromatic N) is 2. The van der Waals surface area contributed by atoms with Crippen LogP contribution in [-0.4, -0.2) is 38.6 Å². The van der Waals surface area contributed by atoms with Crippen LogP contribution in [0.1, 0.15) is 70.9 Å². The largest absolute Gasteiger partial charge is 0.393 e. The highest BCUT2D eigenvalue weighted by molar-refractivity contribution is 5.97. The summed E-state index contributed by atoms with van der Waals surface area (Å²) in [6.07, 6.45) is -11.1. The Morgan fingerprint density at radius 3 is 2.91 bits per heavy atom. The van der Waals surface area contributed by atoms with Crippen LogP contribution in [0.4, 0.5) is 11.8 Å². The van der Waals surface area contributed by atoms with Crippen LogP contribution in [0, 0.1) is 5.89 Å². The second-order valence-electron chi connectivity index (χ2n) is 6.05. The lowest BCUT2D eigenvalue weighted by molar-refractivity contribution is 0.0739. The van der Waals surface area contributed by atoms with Gasteiger partial charge in [0.25, 0.3) is 5.91 Å². The summed E-state index contributed by atoms with van der Waals surface area (Å²) in [5.41, 5.74) is 4.37. The number of carbonyl (C=O) groups is 1. The van der Waals surface area contributed by atoms with E-state index in [9.17, 15) is 9.90 Å². The average Bonchev–Trinajstić information content (AvgIpc) is 2.56. The number of carbonyl (C=O) groups excluding carboxylic acids is 1. The predicted molar refractivity (Wildman–Crippen MR) is 90.4 cm³/mol. The second kappa shape index (κ2) is 6.70. The number of primary amides is 1. The maximum absolute atomic E-state index is 11.9. The van der Waals surface area contributed by atoms with E-state index >= 15 is 0 Å². The second-order valence-corrected chi connectivity index (χ2v) is 6.05. The Hall–Kier alpha value is -1.89. The van der Waals surface area contributed by atoms with Crippen LogP contribution in [0.3, 0.4) is 0 Å². The van der Waals surface area contributed by atoms with Crippen LogP contribution >= 0.6 is 0 Å². The first-order valence-electron chi connectivity index (χ1n) is 11.9. The van der Waals surface area contributed by atoms with E-state index in [0.29, 0.717) is 0 Å². The van der Waals surface area contributed by atoms with E-state index in [1.807, 2.05) is 0 Å². The van der Waals surface area contributed by atoms with E-state index < -0.39 is 66.8 Å². The maximum atomic E-state index is 11.9. The molecule has 0 aliphatic heterocycles. The van der Waals surface area contributed by atoms with E-state index in [0.717, 1.165) is 6.20 Å². The summed E-state index contributed by atoms with van der Waals surface area (Å²) >= 11 is 0. The molecule has 3 atom stereocenters. The first-order chi connectivity index (χ1) is 14.4. The molecule has 0 spiro atoms. The molecule has 1 aliphatic carbocycles. The molecule has 0 saturated heterocycles. The Bertz CT molecular complexity index is 949. The van der Waals surface area contributed by atoms with Crippen molar-refractivity contribution in [3.05, 3.63) is 11.8 Å². The third kappa shape index (κ3) is 4.79. The average molecular weight is 331 g/mol. The van der Waals surface area contributed by atoms with Crippen LogP contribution in [0.15, 0.2) is 6.20 Å². The summed E-state index contributed by atoms with van der Waals surface area (Å²) in [6.45, 7) is 1.69. The van der Waals surface area contributed by atoms with E-state index in [1.54, 1.807) is 20.8 Å². The van der Waals surface area contributed by atoms with Gasteiger partial charge in [0.2, 0.25) is 5.95 Å². The number of aliphatic hydroxyl groups is 1. The molecule has 23 heavy (non-hydrogen) atoms. The van der Waals surface area contributed by atoms with Gasteiger partial charge < -0.3 is 21.5 Å². The van der Waals surface area contributed by atoms with Crippen molar-refractivity contribution in [1.29, 1.82) is 0 Å². The molecule has 1 amide bonds. The fourth-order valence-corrected chi connectivity index (χ4v) is 1.78. The minimum atomic E-state index is -3.75. The molecule has 1 aromatic heterocycles. The van der Waals surface area contributed by atoms with Crippen molar-refractivity contribution in [3.8, 4) is 0 Å². The van der Waals surface area contributed by atoms with Crippen molar-refractivity contribution < 1.29 is 23.6 Å². The van der Waals surface area contributed by atoms with E-state index in [-0.39, 0.29) is 5.95 Å². The first kappa shape index (κ1) is 8.28. The van der Waals surface area contributed by atoms with Crippen molar-refractivity contribution in [2.45, 2.75) is 64.4 Å². The van der Waals surface area contributed by atoms with Gasteiger partial charge in [-0.25, -0.2) is 4.98 Å². The van der Waals surface area contributed by atoms with Gasteiger partial charge in [0, 0.05) is 28.7 Å². The summed E-state index contributed by atoms with van der Waals surface area (Å²) in [5.74, 6) is -5.28. The SMILES string of the molecule is [2H]C([2H])([2H])C1([2H])C([2H])(O)CC([2H])(Nc2nc(NC(C)(C)C)ncc2C(N)=O)C([2H])([2H])C1([2H])[2H]. The molecule has 5 N–H and O–H groups in total. The Balaban J connectivity index is 2.69. The van der Waals surface area contributed by atoms with Gasteiger partial charge in [0.15, 0.2) is 0 Å². The van der Waals surface area contributed by atoms with Crippen LogP contribution in [0.2, 0.25) is 0 Å². The minimum Gasteiger partial charge on any atom is -0.393 e. The molecule has 1 aliphatic rings. The third-order valence-corrected chi connectivity index (χ3v) is 2.78. The number of hydrogen-bond donors (Lipinski definition) is 4. The maximum Gasteiger partial charge on any atom is 0.254 e. The van der Waals surface area contributed by atoms with Gasteiger partial charge in [-0.15, -0.1) is 0 Å². The van der Waals surface area contributed by atoms with Crippen molar-refractivity contribution in [1.82, 2.24) is 9.97 Å². The quantitative estimate of drug-likeness (QED) is 0.668. The molecular formula is C16H27N5O2. The Kier molecular flexibility index (Phi) is 2.41. The number of rotatable bonds is 4. The van der Waals surface area contributed by atoms with Crippen molar-refractivity contribution in [2.24, 2.45) is 11.6 Å². The Morgan fingerprint density at radius 2 is 2.30 bits per heavy atom. The predicted octanol–water partition coefficient (Wildman–Crippen LogP) is 1.75. The lowest BCUT2D eigenvalue weighted by atomic mass is 9.85. The van der Waals surface area contributed by atoms with Gasteiger partial charge >= 0.3 is 0 Å². The molecular weight excluding hydrogens is 294 g/mol. The number of nitrogens with two attached hydrogens (primary N) is 1. The summed E-state index contributed by atoms with van der Waals surface area (Å²) in [6, 6.07) is -2.96. The van der Waals surface area contributed by atoms with Crippen LogP contribution in [-0.2, 0) is 0 Å².